The molecule has 0 saturated heterocycles. The predicted octanol–water partition coefficient (Wildman–Crippen LogP) is 3.65. The highest BCUT2D eigenvalue weighted by Gasteiger charge is 2.14. The van der Waals surface area contributed by atoms with Gasteiger partial charge in [-0.2, -0.15) is 0 Å². The molecule has 8 heteroatoms. The maximum atomic E-state index is 12.2. The molecule has 104 valence electrons. The molecule has 2 heterocycles. The lowest BCUT2D eigenvalue weighted by molar-refractivity contribution is 0.102. The topological polar surface area (TPSA) is 67.8 Å². The first kappa shape index (κ1) is 15.0. The van der Waals surface area contributed by atoms with Crippen molar-refractivity contribution in [2.24, 2.45) is 0 Å². The summed E-state index contributed by atoms with van der Waals surface area (Å²) in [6.07, 6.45) is 1.87. The molecule has 5 nitrogen and oxygen atoms in total. The standard InChI is InChI=1S/C12H9Cl3N4O/c1-2-7-3-6(4-8(13)18-7)12(20)19-9-10(14)16-5-17-11(9)15/h3-5H,2H2,1H3,(H,19,20). The van der Waals surface area contributed by atoms with Crippen LogP contribution in [0.3, 0.4) is 0 Å². The van der Waals surface area contributed by atoms with Crippen LogP contribution in [0.1, 0.15) is 23.0 Å². The number of carbonyl (C=O) groups is 1. The van der Waals surface area contributed by atoms with Gasteiger partial charge in [0.25, 0.3) is 5.91 Å². The second-order valence-corrected chi connectivity index (χ2v) is 4.91. The van der Waals surface area contributed by atoms with E-state index >= 15 is 0 Å². The van der Waals surface area contributed by atoms with Crippen molar-refractivity contribution in [3.8, 4) is 0 Å². The molecule has 0 bridgehead atoms. The zero-order valence-corrected chi connectivity index (χ0v) is 12.6. The van der Waals surface area contributed by atoms with Gasteiger partial charge >= 0.3 is 0 Å². The van der Waals surface area contributed by atoms with Crippen molar-refractivity contribution in [1.82, 2.24) is 15.0 Å². The van der Waals surface area contributed by atoms with Crippen LogP contribution in [-0.4, -0.2) is 20.9 Å². The number of carbonyl (C=O) groups excluding carboxylic acids is 1. The van der Waals surface area contributed by atoms with E-state index in [2.05, 4.69) is 20.3 Å². The number of nitrogens with zero attached hydrogens (tertiary/aromatic N) is 3. The molecule has 0 spiro atoms. The van der Waals surface area contributed by atoms with Crippen LogP contribution in [0.5, 0.6) is 0 Å². The lowest BCUT2D eigenvalue weighted by Crippen LogP contribution is -2.14. The smallest absolute Gasteiger partial charge is 0.256 e. The van der Waals surface area contributed by atoms with Gasteiger partial charge in [-0.05, 0) is 18.6 Å². The minimum Gasteiger partial charge on any atom is -0.317 e. The zero-order valence-electron chi connectivity index (χ0n) is 10.3. The van der Waals surface area contributed by atoms with Crippen LogP contribution < -0.4 is 5.32 Å². The SMILES string of the molecule is CCc1cc(C(=O)Nc2c(Cl)ncnc2Cl)cc(Cl)n1. The van der Waals surface area contributed by atoms with E-state index in [-0.39, 0.29) is 21.1 Å². The highest BCUT2D eigenvalue weighted by molar-refractivity contribution is 6.38. The molecule has 0 saturated carbocycles. The molecule has 20 heavy (non-hydrogen) atoms. The summed E-state index contributed by atoms with van der Waals surface area (Å²) in [6.45, 7) is 1.92. The largest absolute Gasteiger partial charge is 0.317 e. The summed E-state index contributed by atoms with van der Waals surface area (Å²) in [5.41, 5.74) is 1.23. The maximum Gasteiger partial charge on any atom is 0.256 e. The quantitative estimate of drug-likeness (QED) is 0.688. The summed E-state index contributed by atoms with van der Waals surface area (Å²) >= 11 is 17.6. The third kappa shape index (κ3) is 3.36. The van der Waals surface area contributed by atoms with Gasteiger partial charge in [0, 0.05) is 11.3 Å². The molecule has 0 unspecified atom stereocenters. The van der Waals surface area contributed by atoms with E-state index in [0.717, 1.165) is 0 Å². The molecule has 2 rings (SSSR count). The van der Waals surface area contributed by atoms with E-state index in [1.165, 1.54) is 12.4 Å². The van der Waals surface area contributed by atoms with Crippen LogP contribution in [0.2, 0.25) is 15.5 Å². The maximum absolute atomic E-state index is 12.2. The van der Waals surface area contributed by atoms with Crippen molar-refractivity contribution >= 4 is 46.4 Å². The molecular formula is C12H9Cl3N4O. The average Bonchev–Trinajstić information content (AvgIpc) is 2.42. The van der Waals surface area contributed by atoms with Crippen LogP contribution in [0.25, 0.3) is 0 Å². The van der Waals surface area contributed by atoms with Crippen LogP contribution in [-0.2, 0) is 6.42 Å². The lowest BCUT2D eigenvalue weighted by Gasteiger charge is -2.08. The number of aryl methyl sites for hydroxylation is 1. The Morgan fingerprint density at radius 1 is 1.20 bits per heavy atom. The number of hydrogen-bond acceptors (Lipinski definition) is 4. The Bertz CT molecular complexity index is 643. The van der Waals surface area contributed by atoms with Crippen molar-refractivity contribution < 1.29 is 4.79 Å². The molecule has 2 aromatic rings. The van der Waals surface area contributed by atoms with Gasteiger partial charge in [0.1, 0.15) is 17.2 Å². The van der Waals surface area contributed by atoms with Crippen LogP contribution in [0, 0.1) is 0 Å². The summed E-state index contributed by atoms with van der Waals surface area (Å²) in [5, 5.41) is 2.93. The Hall–Kier alpha value is -1.43. The van der Waals surface area contributed by atoms with Crippen molar-refractivity contribution in [1.29, 1.82) is 0 Å². The van der Waals surface area contributed by atoms with Gasteiger partial charge in [0.2, 0.25) is 0 Å². The Labute approximate surface area is 130 Å². The molecule has 0 aromatic carbocycles. The van der Waals surface area contributed by atoms with E-state index < -0.39 is 5.91 Å². The van der Waals surface area contributed by atoms with Gasteiger partial charge in [-0.25, -0.2) is 15.0 Å². The van der Waals surface area contributed by atoms with Crippen LogP contribution in [0.4, 0.5) is 5.69 Å². The van der Waals surface area contributed by atoms with E-state index in [0.29, 0.717) is 17.7 Å². The molecule has 1 amide bonds. The molecular weight excluding hydrogens is 323 g/mol. The fraction of sp³-hybridized carbons (Fsp3) is 0.167. The number of hydrogen-bond donors (Lipinski definition) is 1. The predicted molar refractivity (Wildman–Crippen MR) is 78.6 cm³/mol. The van der Waals surface area contributed by atoms with E-state index in [1.807, 2.05) is 6.92 Å². The van der Waals surface area contributed by atoms with Crippen LogP contribution >= 0.6 is 34.8 Å². The fourth-order valence-electron chi connectivity index (χ4n) is 1.50. The second kappa shape index (κ2) is 6.35. The number of rotatable bonds is 3. The Morgan fingerprint density at radius 3 is 2.45 bits per heavy atom. The van der Waals surface area contributed by atoms with Crippen molar-refractivity contribution in [2.75, 3.05) is 5.32 Å². The summed E-state index contributed by atoms with van der Waals surface area (Å²) in [7, 11) is 0. The van der Waals surface area contributed by atoms with Gasteiger partial charge in [0.05, 0.1) is 0 Å². The number of amides is 1. The van der Waals surface area contributed by atoms with Crippen LogP contribution in [0.15, 0.2) is 18.5 Å². The third-order valence-electron chi connectivity index (χ3n) is 2.46. The normalized spacial score (nSPS) is 10.4. The van der Waals surface area contributed by atoms with Gasteiger partial charge in [-0.15, -0.1) is 0 Å². The van der Waals surface area contributed by atoms with E-state index in [4.69, 9.17) is 34.8 Å². The van der Waals surface area contributed by atoms with Gasteiger partial charge in [-0.1, -0.05) is 41.7 Å². The molecule has 0 fully saturated rings. The Kier molecular flexibility index (Phi) is 4.75. The molecule has 0 aliphatic rings. The molecule has 1 N–H and O–H groups in total. The Balaban J connectivity index is 2.31. The molecule has 2 aromatic heterocycles. The highest BCUT2D eigenvalue weighted by atomic mass is 35.5. The fourth-order valence-corrected chi connectivity index (χ4v) is 2.13. The summed E-state index contributed by atoms with van der Waals surface area (Å²) in [5.74, 6) is -0.414. The monoisotopic (exact) mass is 330 g/mol. The average molecular weight is 332 g/mol. The highest BCUT2D eigenvalue weighted by Crippen LogP contribution is 2.26. The summed E-state index contributed by atoms with van der Waals surface area (Å²) in [4.78, 5) is 23.8. The first-order valence-electron chi connectivity index (χ1n) is 5.65. The third-order valence-corrected chi connectivity index (χ3v) is 3.23. The molecule has 0 aliphatic carbocycles. The number of halogens is 3. The number of aromatic nitrogens is 3. The van der Waals surface area contributed by atoms with Crippen molar-refractivity contribution in [2.45, 2.75) is 13.3 Å². The molecule has 0 aliphatic heterocycles. The summed E-state index contributed by atoms with van der Waals surface area (Å²) in [6, 6.07) is 3.11. The Morgan fingerprint density at radius 2 is 1.85 bits per heavy atom. The molecule has 0 radical (unpaired) electrons. The van der Waals surface area contributed by atoms with E-state index in [9.17, 15) is 4.79 Å². The first-order valence-corrected chi connectivity index (χ1v) is 6.78. The minimum atomic E-state index is -0.414. The van der Waals surface area contributed by atoms with Gasteiger partial charge in [0.15, 0.2) is 10.3 Å². The zero-order chi connectivity index (χ0) is 14.7. The number of anilines is 1. The van der Waals surface area contributed by atoms with Crippen molar-refractivity contribution in [3.63, 3.8) is 0 Å². The summed E-state index contributed by atoms with van der Waals surface area (Å²) < 4.78 is 0. The first-order chi connectivity index (χ1) is 9.51. The minimum absolute atomic E-state index is 0.0641. The van der Waals surface area contributed by atoms with Gasteiger partial charge in [-0.3, -0.25) is 4.79 Å². The van der Waals surface area contributed by atoms with Crippen molar-refractivity contribution in [3.05, 3.63) is 45.2 Å². The lowest BCUT2D eigenvalue weighted by atomic mass is 10.2. The second-order valence-electron chi connectivity index (χ2n) is 3.81. The molecule has 0 atom stereocenters. The van der Waals surface area contributed by atoms with E-state index in [1.54, 1.807) is 6.07 Å². The number of nitrogens with one attached hydrogen (secondary N) is 1. The number of pyridine rings is 1. The van der Waals surface area contributed by atoms with Gasteiger partial charge < -0.3 is 5.32 Å².